The molecule has 0 radical (unpaired) electrons. The number of amides is 1. The molecule has 3 rings (SSSR count). The lowest BCUT2D eigenvalue weighted by Crippen LogP contribution is -2.38. The van der Waals surface area contributed by atoms with Crippen LogP contribution in [-0.4, -0.2) is 77.2 Å². The zero-order chi connectivity index (χ0) is 22.4. The average Bonchev–Trinajstić information content (AvgIpc) is 3.06. The van der Waals surface area contributed by atoms with Crippen molar-refractivity contribution in [1.82, 2.24) is 14.5 Å². The van der Waals surface area contributed by atoms with Gasteiger partial charge in [0.1, 0.15) is 5.56 Å². The number of carbonyl (C=O) groups excluding carboxylic acids is 1. The lowest BCUT2D eigenvalue weighted by atomic mass is 10.1. The molecule has 2 N–H and O–H groups in total. The van der Waals surface area contributed by atoms with Gasteiger partial charge in [0.05, 0.1) is 30.4 Å². The maximum absolute atomic E-state index is 12.9. The Balaban J connectivity index is 1.59. The zero-order valence-corrected chi connectivity index (χ0v) is 18.9. The number of aromatic hydroxyl groups is 2. The van der Waals surface area contributed by atoms with Crippen molar-refractivity contribution >= 4 is 29.1 Å². The third-order valence-corrected chi connectivity index (χ3v) is 6.01. The summed E-state index contributed by atoms with van der Waals surface area (Å²) in [5, 5.41) is 22.7. The van der Waals surface area contributed by atoms with E-state index in [0.717, 1.165) is 18.7 Å². The van der Waals surface area contributed by atoms with Crippen molar-refractivity contribution in [2.75, 3.05) is 46.5 Å². The molecule has 10 heteroatoms. The van der Waals surface area contributed by atoms with Crippen molar-refractivity contribution in [3.8, 4) is 11.6 Å². The molecule has 0 unspecified atom stereocenters. The van der Waals surface area contributed by atoms with E-state index in [1.165, 1.54) is 22.9 Å². The summed E-state index contributed by atoms with van der Waals surface area (Å²) in [6.07, 6.45) is 2.74. The second-order valence-electron chi connectivity index (χ2n) is 7.30. The summed E-state index contributed by atoms with van der Waals surface area (Å²) in [7, 11) is 1.39. The van der Waals surface area contributed by atoms with Crippen molar-refractivity contribution in [2.45, 2.75) is 19.4 Å². The van der Waals surface area contributed by atoms with E-state index in [0.29, 0.717) is 55.7 Å². The van der Waals surface area contributed by atoms with Gasteiger partial charge in [-0.1, -0.05) is 29.3 Å². The molecule has 0 aliphatic carbocycles. The smallest absolute Gasteiger partial charge is 0.282 e. The fraction of sp³-hybridized carbons (Fsp3) is 0.476. The first-order chi connectivity index (χ1) is 14.9. The van der Waals surface area contributed by atoms with Gasteiger partial charge in [0, 0.05) is 38.9 Å². The Morgan fingerprint density at radius 1 is 1.19 bits per heavy atom. The number of aryl methyl sites for hydroxylation is 1. The zero-order valence-electron chi connectivity index (χ0n) is 17.4. The van der Waals surface area contributed by atoms with Crippen LogP contribution >= 0.6 is 23.2 Å². The molecule has 1 fully saturated rings. The minimum Gasteiger partial charge on any atom is -0.503 e. The van der Waals surface area contributed by atoms with Crippen LogP contribution in [0.15, 0.2) is 24.4 Å². The molecular weight excluding hydrogens is 445 g/mol. The number of halogens is 2. The van der Waals surface area contributed by atoms with E-state index < -0.39 is 11.7 Å². The van der Waals surface area contributed by atoms with Gasteiger partial charge in [0.15, 0.2) is 5.75 Å². The fourth-order valence-corrected chi connectivity index (χ4v) is 3.79. The van der Waals surface area contributed by atoms with Gasteiger partial charge in [-0.05, 0) is 30.5 Å². The Morgan fingerprint density at radius 2 is 1.94 bits per heavy atom. The van der Waals surface area contributed by atoms with Gasteiger partial charge in [-0.15, -0.1) is 0 Å². The quantitative estimate of drug-likeness (QED) is 0.546. The monoisotopic (exact) mass is 471 g/mol. The van der Waals surface area contributed by atoms with Gasteiger partial charge < -0.3 is 19.5 Å². The maximum atomic E-state index is 12.9. The molecule has 1 amide bonds. The second-order valence-corrected chi connectivity index (χ2v) is 8.12. The van der Waals surface area contributed by atoms with Crippen LogP contribution in [0.25, 0.3) is 0 Å². The molecule has 1 saturated heterocycles. The molecule has 2 heterocycles. The molecule has 0 atom stereocenters. The number of hydroxylamine groups is 2. The number of carbonyl (C=O) groups is 1. The molecule has 0 spiro atoms. The molecule has 31 heavy (non-hydrogen) atoms. The molecule has 2 aromatic rings. The molecule has 8 nitrogen and oxygen atoms in total. The summed E-state index contributed by atoms with van der Waals surface area (Å²) in [6, 6.07) is 5.41. The van der Waals surface area contributed by atoms with Gasteiger partial charge >= 0.3 is 0 Å². The number of hydrogen-bond acceptors (Lipinski definition) is 6. The lowest BCUT2D eigenvalue weighted by molar-refractivity contribution is -0.0955. The number of benzene rings is 1. The molecule has 1 aromatic carbocycles. The second kappa shape index (κ2) is 11.1. The molecule has 1 aliphatic rings. The minimum atomic E-state index is -0.519. The Morgan fingerprint density at radius 3 is 2.61 bits per heavy atom. The van der Waals surface area contributed by atoms with E-state index in [-0.39, 0.29) is 11.4 Å². The third-order valence-electron chi connectivity index (χ3n) is 5.27. The molecule has 0 saturated carbocycles. The first-order valence-corrected chi connectivity index (χ1v) is 10.9. The summed E-state index contributed by atoms with van der Waals surface area (Å²) in [4.78, 5) is 20.3. The first kappa shape index (κ1) is 23.7. The van der Waals surface area contributed by atoms with E-state index in [9.17, 15) is 15.0 Å². The van der Waals surface area contributed by atoms with Crippen molar-refractivity contribution in [3.63, 3.8) is 0 Å². The van der Waals surface area contributed by atoms with Crippen molar-refractivity contribution in [3.05, 3.63) is 45.6 Å². The van der Waals surface area contributed by atoms with Crippen LogP contribution in [0.2, 0.25) is 10.0 Å². The number of nitrogens with zero attached hydrogens (tertiary/aromatic N) is 3. The largest absolute Gasteiger partial charge is 0.503 e. The lowest BCUT2D eigenvalue weighted by Gasteiger charge is -2.26. The van der Waals surface area contributed by atoms with Crippen LogP contribution in [0, 0.1) is 0 Å². The van der Waals surface area contributed by atoms with E-state index in [1.807, 2.05) is 6.07 Å². The van der Waals surface area contributed by atoms with E-state index >= 15 is 0 Å². The molecule has 170 valence electrons. The van der Waals surface area contributed by atoms with Crippen LogP contribution in [0.4, 0.5) is 0 Å². The minimum absolute atomic E-state index is 0.00383. The summed E-state index contributed by atoms with van der Waals surface area (Å²) in [6.45, 7) is 4.41. The van der Waals surface area contributed by atoms with E-state index in [2.05, 4.69) is 4.90 Å². The van der Waals surface area contributed by atoms with Gasteiger partial charge in [0.2, 0.25) is 5.88 Å². The summed E-state index contributed by atoms with van der Waals surface area (Å²) < 4.78 is 6.80. The summed E-state index contributed by atoms with van der Waals surface area (Å²) >= 11 is 12.0. The van der Waals surface area contributed by atoms with E-state index in [4.69, 9.17) is 32.8 Å². The van der Waals surface area contributed by atoms with Crippen molar-refractivity contribution in [2.24, 2.45) is 0 Å². The molecular formula is C21H27Cl2N3O5. The predicted octanol–water partition coefficient (Wildman–Crippen LogP) is 3.17. The number of morpholine rings is 1. The van der Waals surface area contributed by atoms with Gasteiger partial charge in [0.25, 0.3) is 5.91 Å². The van der Waals surface area contributed by atoms with Crippen LogP contribution in [0.1, 0.15) is 22.3 Å². The number of aromatic nitrogens is 1. The van der Waals surface area contributed by atoms with Crippen LogP contribution in [0.5, 0.6) is 11.6 Å². The highest BCUT2D eigenvalue weighted by Gasteiger charge is 2.25. The molecule has 1 aromatic heterocycles. The fourth-order valence-electron chi connectivity index (χ4n) is 3.47. The highest BCUT2D eigenvalue weighted by atomic mass is 35.5. The van der Waals surface area contributed by atoms with Crippen LogP contribution < -0.4 is 0 Å². The number of ether oxygens (including phenoxy) is 1. The van der Waals surface area contributed by atoms with E-state index in [1.54, 1.807) is 12.1 Å². The highest BCUT2D eigenvalue weighted by Crippen LogP contribution is 2.32. The maximum Gasteiger partial charge on any atom is 0.282 e. The Hall–Kier alpha value is -1.97. The number of hydrogen-bond donors (Lipinski definition) is 2. The van der Waals surface area contributed by atoms with Gasteiger partial charge in [-0.2, -0.15) is 0 Å². The molecule has 0 bridgehead atoms. The number of rotatable bonds is 9. The SMILES string of the molecule is CON(CCCc1ccc(Cl)c(Cl)c1)C(=O)c1cn(CCN2CCOCC2)c(O)c1O. The normalized spacial score (nSPS) is 14.7. The van der Waals surface area contributed by atoms with Gasteiger partial charge in [-0.25, -0.2) is 5.06 Å². The standard InChI is InChI=1S/C21H27Cl2N3O5/c1-30-26(6-2-3-15-4-5-17(22)18(23)13-15)20(28)16-14-25(21(29)19(16)27)8-7-24-9-11-31-12-10-24/h4-5,13-14,27,29H,2-3,6-12H2,1H3. The third kappa shape index (κ3) is 6.05. The predicted molar refractivity (Wildman–Crippen MR) is 118 cm³/mol. The van der Waals surface area contributed by atoms with Crippen molar-refractivity contribution < 1.29 is 24.6 Å². The Bertz CT molecular complexity index is 899. The highest BCUT2D eigenvalue weighted by molar-refractivity contribution is 6.42. The van der Waals surface area contributed by atoms with Crippen molar-refractivity contribution in [1.29, 1.82) is 0 Å². The Kier molecular flexibility index (Phi) is 8.45. The molecule has 1 aliphatic heterocycles. The average molecular weight is 472 g/mol. The summed E-state index contributed by atoms with van der Waals surface area (Å²) in [5.41, 5.74) is 0.989. The van der Waals surface area contributed by atoms with Crippen LogP contribution in [0.3, 0.4) is 0 Å². The van der Waals surface area contributed by atoms with Crippen LogP contribution in [-0.2, 0) is 22.5 Å². The Labute approximate surface area is 191 Å². The summed E-state index contributed by atoms with van der Waals surface area (Å²) in [5.74, 6) is -1.29. The first-order valence-electron chi connectivity index (χ1n) is 10.1. The topological polar surface area (TPSA) is 87.4 Å². The van der Waals surface area contributed by atoms with Gasteiger partial charge in [-0.3, -0.25) is 14.5 Å².